The van der Waals surface area contributed by atoms with E-state index in [4.69, 9.17) is 4.74 Å². The molecule has 1 amide bonds. The third-order valence-electron chi connectivity index (χ3n) is 3.65. The molecule has 0 bridgehead atoms. The predicted octanol–water partition coefficient (Wildman–Crippen LogP) is 2.78. The Labute approximate surface area is 135 Å². The van der Waals surface area contributed by atoms with Crippen molar-refractivity contribution in [2.24, 2.45) is 0 Å². The number of nitrogens with zero attached hydrogens (tertiary/aromatic N) is 2. The highest BCUT2D eigenvalue weighted by Gasteiger charge is 2.28. The molecule has 1 aromatic carbocycles. The molecule has 1 aromatic rings. The second kappa shape index (κ2) is 6.54. The monoisotopic (exact) mass is 321 g/mol. The number of piperazine rings is 1. The van der Waals surface area contributed by atoms with Crippen LogP contribution in [-0.4, -0.2) is 41.2 Å². The topological polar surface area (TPSA) is 84.7 Å². The molecule has 1 atom stereocenters. The number of nitro groups is 1. The van der Waals surface area contributed by atoms with Gasteiger partial charge in [-0.3, -0.25) is 10.1 Å². The second-order valence-electron chi connectivity index (χ2n) is 6.74. The van der Waals surface area contributed by atoms with Crippen LogP contribution in [0.3, 0.4) is 0 Å². The summed E-state index contributed by atoms with van der Waals surface area (Å²) in [6.45, 7) is 8.94. The van der Waals surface area contributed by atoms with Crippen molar-refractivity contribution in [2.45, 2.75) is 39.3 Å². The van der Waals surface area contributed by atoms with E-state index in [-0.39, 0.29) is 22.7 Å². The molecular weight excluding hydrogens is 298 g/mol. The molecule has 2 rings (SSSR count). The van der Waals surface area contributed by atoms with E-state index in [1.807, 2.05) is 20.8 Å². The minimum Gasteiger partial charge on any atom is -0.444 e. The van der Waals surface area contributed by atoms with Crippen molar-refractivity contribution < 1.29 is 14.5 Å². The van der Waals surface area contributed by atoms with Gasteiger partial charge in [-0.15, -0.1) is 0 Å². The normalized spacial score (nSPS) is 18.6. The van der Waals surface area contributed by atoms with E-state index in [0.717, 1.165) is 5.56 Å². The summed E-state index contributed by atoms with van der Waals surface area (Å²) in [6.07, 6.45) is -0.331. The lowest BCUT2D eigenvalue weighted by Gasteiger charge is -2.35. The second-order valence-corrected chi connectivity index (χ2v) is 6.74. The van der Waals surface area contributed by atoms with Crippen molar-refractivity contribution in [2.75, 3.05) is 19.6 Å². The van der Waals surface area contributed by atoms with E-state index in [2.05, 4.69) is 5.32 Å². The van der Waals surface area contributed by atoms with Crippen LogP contribution in [0, 0.1) is 17.0 Å². The van der Waals surface area contributed by atoms with Gasteiger partial charge < -0.3 is 15.0 Å². The van der Waals surface area contributed by atoms with Crippen LogP contribution in [0.1, 0.15) is 37.9 Å². The molecule has 0 radical (unpaired) electrons. The van der Waals surface area contributed by atoms with Gasteiger partial charge in [-0.25, -0.2) is 4.79 Å². The zero-order chi connectivity index (χ0) is 17.2. The first-order valence-electron chi connectivity index (χ1n) is 7.63. The van der Waals surface area contributed by atoms with Gasteiger partial charge in [0.05, 0.1) is 11.0 Å². The van der Waals surface area contributed by atoms with Crippen molar-refractivity contribution in [1.29, 1.82) is 0 Å². The van der Waals surface area contributed by atoms with Crippen LogP contribution < -0.4 is 5.32 Å². The van der Waals surface area contributed by atoms with Gasteiger partial charge in [-0.2, -0.15) is 0 Å². The lowest BCUT2D eigenvalue weighted by molar-refractivity contribution is -0.385. The number of nitrogens with one attached hydrogen (secondary N) is 1. The van der Waals surface area contributed by atoms with Gasteiger partial charge in [0.2, 0.25) is 0 Å². The highest BCUT2D eigenvalue weighted by Crippen LogP contribution is 2.25. The Balaban J connectivity index is 2.11. The van der Waals surface area contributed by atoms with Crippen LogP contribution in [-0.2, 0) is 4.74 Å². The maximum Gasteiger partial charge on any atom is 0.410 e. The van der Waals surface area contributed by atoms with Crippen LogP contribution in [0.5, 0.6) is 0 Å². The fourth-order valence-corrected chi connectivity index (χ4v) is 2.57. The Kier molecular flexibility index (Phi) is 4.89. The summed E-state index contributed by atoms with van der Waals surface area (Å²) in [4.78, 5) is 24.4. The molecular formula is C16H23N3O4. The molecule has 1 heterocycles. The molecule has 0 saturated carbocycles. The Hall–Kier alpha value is -2.15. The van der Waals surface area contributed by atoms with Crippen molar-refractivity contribution in [3.63, 3.8) is 0 Å². The highest BCUT2D eigenvalue weighted by atomic mass is 16.6. The molecule has 0 aromatic heterocycles. The van der Waals surface area contributed by atoms with Crippen molar-refractivity contribution >= 4 is 11.8 Å². The first-order valence-corrected chi connectivity index (χ1v) is 7.63. The molecule has 0 spiro atoms. The van der Waals surface area contributed by atoms with Crippen LogP contribution in [0.2, 0.25) is 0 Å². The molecule has 23 heavy (non-hydrogen) atoms. The number of nitro benzene ring substituents is 1. The lowest BCUT2D eigenvalue weighted by atomic mass is 10.0. The predicted molar refractivity (Wildman–Crippen MR) is 86.4 cm³/mol. The summed E-state index contributed by atoms with van der Waals surface area (Å²) >= 11 is 0. The molecule has 126 valence electrons. The Bertz CT molecular complexity index is 610. The summed E-state index contributed by atoms with van der Waals surface area (Å²) in [7, 11) is 0. The van der Waals surface area contributed by atoms with Crippen LogP contribution in [0.25, 0.3) is 0 Å². The summed E-state index contributed by atoms with van der Waals surface area (Å²) in [6, 6.07) is 4.99. The van der Waals surface area contributed by atoms with E-state index in [1.54, 1.807) is 24.0 Å². The zero-order valence-electron chi connectivity index (χ0n) is 14.0. The molecule has 1 aliphatic heterocycles. The summed E-state index contributed by atoms with van der Waals surface area (Å²) in [5.74, 6) is 0. The minimum atomic E-state index is -0.526. The number of rotatable bonds is 2. The average Bonchev–Trinajstić information content (AvgIpc) is 2.45. The highest BCUT2D eigenvalue weighted by molar-refractivity contribution is 5.68. The molecule has 0 aliphatic carbocycles. The molecule has 1 fully saturated rings. The number of carbonyl (C=O) groups excluding carboxylic acids is 1. The van der Waals surface area contributed by atoms with Gasteiger partial charge in [-0.1, -0.05) is 6.07 Å². The van der Waals surface area contributed by atoms with E-state index in [0.29, 0.717) is 25.2 Å². The van der Waals surface area contributed by atoms with Crippen molar-refractivity contribution in [1.82, 2.24) is 10.2 Å². The van der Waals surface area contributed by atoms with E-state index in [9.17, 15) is 14.9 Å². The average molecular weight is 321 g/mol. The maximum absolute atomic E-state index is 12.2. The fourth-order valence-electron chi connectivity index (χ4n) is 2.57. The maximum atomic E-state index is 12.2. The molecule has 1 N–H and O–H groups in total. The number of ether oxygens (including phenoxy) is 1. The van der Waals surface area contributed by atoms with Crippen LogP contribution in [0.15, 0.2) is 18.2 Å². The molecule has 1 saturated heterocycles. The largest absolute Gasteiger partial charge is 0.444 e. The standard InChI is InChI=1S/C16H23N3O4/c1-11-9-12(5-6-14(11)19(21)22)13-10-18(8-7-17-13)15(20)23-16(2,3)4/h5-6,9,13,17H,7-8,10H2,1-4H3. The number of carbonyl (C=O) groups is 1. The third-order valence-corrected chi connectivity index (χ3v) is 3.65. The SMILES string of the molecule is Cc1cc(C2CN(C(=O)OC(C)(C)C)CCN2)ccc1[N+](=O)[O-]. The number of hydrogen-bond acceptors (Lipinski definition) is 5. The number of benzene rings is 1. The summed E-state index contributed by atoms with van der Waals surface area (Å²) in [5, 5.41) is 14.2. The van der Waals surface area contributed by atoms with E-state index in [1.165, 1.54) is 6.07 Å². The van der Waals surface area contributed by atoms with Gasteiger partial charge in [-0.05, 0) is 39.3 Å². The molecule has 7 heteroatoms. The lowest BCUT2D eigenvalue weighted by Crippen LogP contribution is -2.49. The van der Waals surface area contributed by atoms with E-state index < -0.39 is 5.60 Å². The van der Waals surface area contributed by atoms with Gasteiger partial charge in [0, 0.05) is 31.3 Å². The Morgan fingerprint density at radius 3 is 2.70 bits per heavy atom. The minimum absolute atomic E-state index is 0.0595. The first-order chi connectivity index (χ1) is 10.7. The summed E-state index contributed by atoms with van der Waals surface area (Å²) < 4.78 is 5.41. The Morgan fingerprint density at radius 1 is 1.43 bits per heavy atom. The van der Waals surface area contributed by atoms with Gasteiger partial charge in [0.15, 0.2) is 0 Å². The fraction of sp³-hybridized carbons (Fsp3) is 0.562. The molecule has 7 nitrogen and oxygen atoms in total. The Morgan fingerprint density at radius 2 is 2.13 bits per heavy atom. The quantitative estimate of drug-likeness (QED) is 0.669. The number of aryl methyl sites for hydroxylation is 1. The van der Waals surface area contributed by atoms with Crippen LogP contribution >= 0.6 is 0 Å². The van der Waals surface area contributed by atoms with Gasteiger partial charge in [0.25, 0.3) is 5.69 Å². The van der Waals surface area contributed by atoms with Gasteiger partial charge in [0.1, 0.15) is 5.60 Å². The van der Waals surface area contributed by atoms with Crippen molar-refractivity contribution in [3.05, 3.63) is 39.4 Å². The smallest absolute Gasteiger partial charge is 0.410 e. The number of hydrogen-bond donors (Lipinski definition) is 1. The third kappa shape index (κ3) is 4.41. The van der Waals surface area contributed by atoms with Gasteiger partial charge >= 0.3 is 6.09 Å². The zero-order valence-corrected chi connectivity index (χ0v) is 14.0. The first kappa shape index (κ1) is 17.2. The van der Waals surface area contributed by atoms with E-state index >= 15 is 0 Å². The van der Waals surface area contributed by atoms with Crippen molar-refractivity contribution in [3.8, 4) is 0 Å². The molecule has 1 unspecified atom stereocenters. The number of amides is 1. The molecule has 1 aliphatic rings. The van der Waals surface area contributed by atoms with Crippen LogP contribution in [0.4, 0.5) is 10.5 Å². The summed E-state index contributed by atoms with van der Waals surface area (Å²) in [5.41, 5.74) is 1.13.